The minimum atomic E-state index is -3.75. The van der Waals surface area contributed by atoms with Crippen molar-refractivity contribution in [2.45, 2.75) is 11.5 Å². The lowest BCUT2D eigenvalue weighted by Crippen LogP contribution is -2.12. The van der Waals surface area contributed by atoms with Crippen molar-refractivity contribution in [1.82, 2.24) is 0 Å². The Balaban J connectivity index is 2.12. The molecule has 0 aliphatic heterocycles. The van der Waals surface area contributed by atoms with E-state index in [2.05, 4.69) is 22.6 Å². The number of hydrogen-bond donors (Lipinski definition) is 1. The highest BCUT2D eigenvalue weighted by atomic mass is 127. The molecule has 0 saturated heterocycles. The normalized spacial score (nSPS) is 11.3. The van der Waals surface area contributed by atoms with Crippen LogP contribution < -0.4 is 9.88 Å². The zero-order chi connectivity index (χ0) is 14.8. The molecule has 2 aromatic carbocycles. The molecule has 0 spiro atoms. The van der Waals surface area contributed by atoms with Gasteiger partial charge in [0.15, 0.2) is 0 Å². The molecule has 0 aliphatic carbocycles. The van der Waals surface area contributed by atoms with E-state index in [1.807, 2.05) is 24.3 Å². The smallest absolute Gasteiger partial charge is 0.238 e. The molecule has 0 fully saturated rings. The molecule has 0 unspecified atom stereocenters. The Hall–Kier alpha value is -0.830. The van der Waals surface area contributed by atoms with E-state index in [1.165, 1.54) is 18.2 Å². The highest BCUT2D eigenvalue weighted by Gasteiger charge is 2.11. The van der Waals surface area contributed by atoms with Crippen LogP contribution in [0.5, 0.6) is 5.75 Å². The third kappa shape index (κ3) is 4.08. The second-order valence-corrected chi connectivity index (χ2v) is 7.27. The fourth-order valence-electron chi connectivity index (χ4n) is 1.52. The first-order valence-corrected chi connectivity index (χ1v) is 8.56. The number of benzene rings is 2. The second-order valence-electron chi connectivity index (χ2n) is 4.05. The maximum absolute atomic E-state index is 11.2. The standard InChI is InChI=1S/C13H11ClINO3S/c14-12-7-11(20(16,17)18)5-6-13(12)19-8-9-1-3-10(15)4-2-9/h1-7H,8H2,(H2,16,17,18). The fraction of sp³-hybridized carbons (Fsp3) is 0.0769. The summed E-state index contributed by atoms with van der Waals surface area (Å²) in [6.45, 7) is 0.353. The molecule has 20 heavy (non-hydrogen) atoms. The molecule has 0 atom stereocenters. The van der Waals surface area contributed by atoms with Gasteiger partial charge in [0, 0.05) is 3.57 Å². The monoisotopic (exact) mass is 423 g/mol. The van der Waals surface area contributed by atoms with Crippen LogP contribution in [0.15, 0.2) is 47.4 Å². The number of nitrogens with two attached hydrogens (primary N) is 1. The maximum atomic E-state index is 11.2. The van der Waals surface area contributed by atoms with Crippen LogP contribution in [0.25, 0.3) is 0 Å². The summed E-state index contributed by atoms with van der Waals surface area (Å²) >= 11 is 8.20. The van der Waals surface area contributed by atoms with Gasteiger partial charge in [-0.15, -0.1) is 0 Å². The summed E-state index contributed by atoms with van der Waals surface area (Å²) in [5.41, 5.74) is 0.997. The first-order valence-electron chi connectivity index (χ1n) is 5.56. The van der Waals surface area contributed by atoms with Gasteiger partial charge in [0.25, 0.3) is 0 Å². The molecular weight excluding hydrogens is 413 g/mol. The molecule has 0 radical (unpaired) electrons. The van der Waals surface area contributed by atoms with Crippen molar-refractivity contribution >= 4 is 44.2 Å². The quantitative estimate of drug-likeness (QED) is 0.768. The van der Waals surface area contributed by atoms with Crippen LogP contribution in [0.3, 0.4) is 0 Å². The van der Waals surface area contributed by atoms with Crippen LogP contribution in [0.1, 0.15) is 5.56 Å². The third-order valence-electron chi connectivity index (χ3n) is 2.54. The Kier molecular flexibility index (Phi) is 4.90. The van der Waals surface area contributed by atoms with Crippen LogP contribution >= 0.6 is 34.2 Å². The van der Waals surface area contributed by atoms with E-state index in [0.29, 0.717) is 12.4 Å². The molecule has 0 heterocycles. The second kappa shape index (κ2) is 6.30. The SMILES string of the molecule is NS(=O)(=O)c1ccc(OCc2ccc(I)cc2)c(Cl)c1. The molecule has 2 aromatic rings. The summed E-state index contributed by atoms with van der Waals surface area (Å²) in [6, 6.07) is 12.0. The Morgan fingerprint density at radius 2 is 1.80 bits per heavy atom. The Morgan fingerprint density at radius 1 is 1.15 bits per heavy atom. The number of sulfonamides is 1. The van der Waals surface area contributed by atoms with Crippen LogP contribution in [0.2, 0.25) is 5.02 Å². The summed E-state index contributed by atoms with van der Waals surface area (Å²) in [4.78, 5) is -0.0379. The molecule has 0 saturated carbocycles. The molecule has 2 N–H and O–H groups in total. The zero-order valence-corrected chi connectivity index (χ0v) is 13.9. The number of halogens is 2. The van der Waals surface area contributed by atoms with Crippen LogP contribution in [0, 0.1) is 3.57 Å². The first-order chi connectivity index (χ1) is 9.36. The van der Waals surface area contributed by atoms with Gasteiger partial charge >= 0.3 is 0 Å². The van der Waals surface area contributed by atoms with Crippen molar-refractivity contribution in [2.24, 2.45) is 5.14 Å². The van der Waals surface area contributed by atoms with Gasteiger partial charge in [-0.25, -0.2) is 13.6 Å². The lowest BCUT2D eigenvalue weighted by Gasteiger charge is -2.09. The van der Waals surface area contributed by atoms with Crippen molar-refractivity contribution < 1.29 is 13.2 Å². The molecule has 4 nitrogen and oxygen atoms in total. The highest BCUT2D eigenvalue weighted by molar-refractivity contribution is 14.1. The topological polar surface area (TPSA) is 69.4 Å². The third-order valence-corrected chi connectivity index (χ3v) is 4.47. The average Bonchev–Trinajstić information content (AvgIpc) is 2.38. The fourth-order valence-corrected chi connectivity index (χ4v) is 2.72. The minimum Gasteiger partial charge on any atom is -0.487 e. The Morgan fingerprint density at radius 3 is 2.35 bits per heavy atom. The van der Waals surface area contributed by atoms with E-state index in [-0.39, 0.29) is 9.92 Å². The minimum absolute atomic E-state index is 0.0379. The van der Waals surface area contributed by atoms with Crippen LogP contribution in [-0.4, -0.2) is 8.42 Å². The van der Waals surface area contributed by atoms with E-state index < -0.39 is 10.0 Å². The van der Waals surface area contributed by atoms with Crippen molar-refractivity contribution in [3.8, 4) is 5.75 Å². The van der Waals surface area contributed by atoms with Crippen molar-refractivity contribution in [2.75, 3.05) is 0 Å². The highest BCUT2D eigenvalue weighted by Crippen LogP contribution is 2.27. The van der Waals surface area contributed by atoms with E-state index in [1.54, 1.807) is 0 Å². The summed E-state index contributed by atoms with van der Waals surface area (Å²) in [5.74, 6) is 0.414. The number of rotatable bonds is 4. The number of primary sulfonamides is 1. The van der Waals surface area contributed by atoms with Gasteiger partial charge in [0.05, 0.1) is 9.92 Å². The molecule has 0 aromatic heterocycles. The first kappa shape index (κ1) is 15.6. The maximum Gasteiger partial charge on any atom is 0.238 e. The summed E-state index contributed by atoms with van der Waals surface area (Å²) in [7, 11) is -3.75. The molecule has 7 heteroatoms. The number of hydrogen-bond acceptors (Lipinski definition) is 3. The average molecular weight is 424 g/mol. The summed E-state index contributed by atoms with van der Waals surface area (Å²) in [5, 5.41) is 5.24. The molecule has 0 amide bonds. The number of ether oxygens (including phenoxy) is 1. The molecule has 0 aliphatic rings. The zero-order valence-electron chi connectivity index (χ0n) is 10.2. The van der Waals surface area contributed by atoms with E-state index in [0.717, 1.165) is 9.13 Å². The van der Waals surface area contributed by atoms with Crippen molar-refractivity contribution in [3.63, 3.8) is 0 Å². The van der Waals surface area contributed by atoms with Gasteiger partial charge in [0.2, 0.25) is 10.0 Å². The van der Waals surface area contributed by atoms with E-state index in [9.17, 15) is 8.42 Å². The Bertz CT molecular complexity index is 717. The van der Waals surface area contributed by atoms with Gasteiger partial charge in [-0.3, -0.25) is 0 Å². The Labute approximate surface area is 136 Å². The van der Waals surface area contributed by atoms with E-state index in [4.69, 9.17) is 21.5 Å². The van der Waals surface area contributed by atoms with Gasteiger partial charge < -0.3 is 4.74 Å². The predicted octanol–water partition coefficient (Wildman–Crippen LogP) is 3.17. The van der Waals surface area contributed by atoms with Crippen LogP contribution in [0.4, 0.5) is 0 Å². The summed E-state index contributed by atoms with van der Waals surface area (Å²) in [6.07, 6.45) is 0. The lowest BCUT2D eigenvalue weighted by molar-refractivity contribution is 0.306. The molecule has 0 bridgehead atoms. The van der Waals surface area contributed by atoms with Gasteiger partial charge in [-0.05, 0) is 58.5 Å². The summed E-state index contributed by atoms with van der Waals surface area (Å²) < 4.78 is 29.1. The van der Waals surface area contributed by atoms with Crippen LogP contribution in [-0.2, 0) is 16.6 Å². The molecule has 106 valence electrons. The van der Waals surface area contributed by atoms with Crippen molar-refractivity contribution in [1.29, 1.82) is 0 Å². The molecular formula is C13H11ClINO3S. The predicted molar refractivity (Wildman–Crippen MR) is 86.3 cm³/mol. The van der Waals surface area contributed by atoms with Gasteiger partial charge in [0.1, 0.15) is 12.4 Å². The lowest BCUT2D eigenvalue weighted by atomic mass is 10.2. The van der Waals surface area contributed by atoms with Gasteiger partial charge in [-0.2, -0.15) is 0 Å². The van der Waals surface area contributed by atoms with Gasteiger partial charge in [-0.1, -0.05) is 23.7 Å². The molecule has 2 rings (SSSR count). The van der Waals surface area contributed by atoms with Crippen molar-refractivity contribution in [3.05, 3.63) is 56.6 Å². The van der Waals surface area contributed by atoms with E-state index >= 15 is 0 Å². The largest absolute Gasteiger partial charge is 0.487 e.